The Hall–Kier alpha value is -4.34. The van der Waals surface area contributed by atoms with E-state index in [1.165, 1.54) is 30.6 Å². The normalized spacial score (nSPS) is 13.0. The first-order chi connectivity index (χ1) is 16.4. The van der Waals surface area contributed by atoms with Gasteiger partial charge in [-0.15, -0.1) is 13.2 Å². The van der Waals surface area contributed by atoms with Crippen LogP contribution in [0.25, 0.3) is 11.3 Å². The van der Waals surface area contributed by atoms with Gasteiger partial charge in [-0.25, -0.2) is 9.97 Å². The number of aromatic nitrogens is 2. The summed E-state index contributed by atoms with van der Waals surface area (Å²) in [5, 5.41) is 8.97. The van der Waals surface area contributed by atoms with Crippen LogP contribution in [-0.4, -0.2) is 35.3 Å². The Bertz CT molecular complexity index is 1220. The second kappa shape index (κ2) is 10.1. The maximum Gasteiger partial charge on any atom is 0.573 e. The Balaban J connectivity index is 1.43. The predicted octanol–water partition coefficient (Wildman–Crippen LogP) is 4.56. The first-order valence-electron chi connectivity index (χ1n) is 10.3. The van der Waals surface area contributed by atoms with Crippen LogP contribution in [0.2, 0.25) is 0 Å². The first kappa shape index (κ1) is 22.8. The maximum absolute atomic E-state index is 12.6. The van der Waals surface area contributed by atoms with Crippen molar-refractivity contribution < 1.29 is 22.7 Å². The number of nitrogens with one attached hydrogen (secondary N) is 3. The third-order valence-corrected chi connectivity index (χ3v) is 4.80. The van der Waals surface area contributed by atoms with E-state index in [0.717, 1.165) is 12.1 Å². The van der Waals surface area contributed by atoms with Crippen molar-refractivity contribution in [3.63, 3.8) is 0 Å². The lowest BCUT2D eigenvalue weighted by Gasteiger charge is -2.11. The minimum atomic E-state index is -4.75. The highest BCUT2D eigenvalue weighted by Crippen LogP contribution is 2.26. The number of amides is 1. The lowest BCUT2D eigenvalue weighted by Crippen LogP contribution is -2.26. The van der Waals surface area contributed by atoms with Crippen molar-refractivity contribution in [3.8, 4) is 17.0 Å². The fourth-order valence-corrected chi connectivity index (χ4v) is 3.20. The fraction of sp³-hybridized carbons (Fsp3) is 0.125. The van der Waals surface area contributed by atoms with E-state index in [4.69, 9.17) is 0 Å². The molecule has 0 saturated heterocycles. The van der Waals surface area contributed by atoms with Crippen LogP contribution in [-0.2, 0) is 0 Å². The molecule has 10 heteroatoms. The fourth-order valence-electron chi connectivity index (χ4n) is 3.20. The van der Waals surface area contributed by atoms with Crippen molar-refractivity contribution in [1.29, 1.82) is 0 Å². The SMILES string of the molecule is O=C(NCC1=CCNC=C1)c1cccc(-c2cc(Nc3ccc(OC(F)(F)F)cc3)ncn2)c1. The van der Waals surface area contributed by atoms with Crippen molar-refractivity contribution in [1.82, 2.24) is 20.6 Å². The number of anilines is 2. The molecule has 3 N–H and O–H groups in total. The third-order valence-electron chi connectivity index (χ3n) is 4.80. The van der Waals surface area contributed by atoms with Crippen molar-refractivity contribution in [2.45, 2.75) is 6.36 Å². The van der Waals surface area contributed by atoms with Gasteiger partial charge in [0, 0.05) is 36.0 Å². The summed E-state index contributed by atoms with van der Waals surface area (Å²) in [6, 6.07) is 14.0. The van der Waals surface area contributed by atoms with Gasteiger partial charge in [-0.05, 0) is 54.2 Å². The van der Waals surface area contributed by atoms with Gasteiger partial charge in [0.2, 0.25) is 0 Å². The third kappa shape index (κ3) is 6.35. The number of halogens is 3. The van der Waals surface area contributed by atoms with E-state index in [1.807, 2.05) is 24.4 Å². The molecule has 0 saturated carbocycles. The van der Waals surface area contributed by atoms with E-state index in [-0.39, 0.29) is 11.7 Å². The molecule has 0 unspecified atom stereocenters. The summed E-state index contributed by atoms with van der Waals surface area (Å²) < 4.78 is 40.8. The van der Waals surface area contributed by atoms with Crippen LogP contribution >= 0.6 is 0 Å². The summed E-state index contributed by atoms with van der Waals surface area (Å²) in [7, 11) is 0. The number of benzene rings is 2. The Kier molecular flexibility index (Phi) is 6.77. The molecule has 174 valence electrons. The van der Waals surface area contributed by atoms with Crippen LogP contribution < -0.4 is 20.7 Å². The Morgan fingerprint density at radius 2 is 1.91 bits per heavy atom. The minimum Gasteiger partial charge on any atom is -0.406 e. The lowest BCUT2D eigenvalue weighted by atomic mass is 10.1. The molecule has 7 nitrogen and oxygen atoms in total. The van der Waals surface area contributed by atoms with Crippen LogP contribution in [0.1, 0.15) is 10.4 Å². The van der Waals surface area contributed by atoms with Crippen LogP contribution in [0.5, 0.6) is 5.75 Å². The molecule has 1 amide bonds. The maximum atomic E-state index is 12.6. The van der Waals surface area contributed by atoms with Gasteiger partial charge in [0.05, 0.1) is 5.69 Å². The highest BCUT2D eigenvalue weighted by atomic mass is 19.4. The van der Waals surface area contributed by atoms with Crippen molar-refractivity contribution in [2.75, 3.05) is 18.4 Å². The van der Waals surface area contributed by atoms with E-state index < -0.39 is 6.36 Å². The smallest absolute Gasteiger partial charge is 0.406 e. The highest BCUT2D eigenvalue weighted by Gasteiger charge is 2.30. The van der Waals surface area contributed by atoms with Gasteiger partial charge >= 0.3 is 6.36 Å². The van der Waals surface area contributed by atoms with Crippen molar-refractivity contribution >= 4 is 17.4 Å². The largest absolute Gasteiger partial charge is 0.573 e. The van der Waals surface area contributed by atoms with Gasteiger partial charge in [-0.2, -0.15) is 0 Å². The Morgan fingerprint density at radius 1 is 1.09 bits per heavy atom. The van der Waals surface area contributed by atoms with E-state index in [9.17, 15) is 18.0 Å². The van der Waals surface area contributed by atoms with Gasteiger partial charge < -0.3 is 20.7 Å². The van der Waals surface area contributed by atoms with E-state index in [2.05, 4.69) is 30.7 Å². The molecule has 2 aromatic carbocycles. The highest BCUT2D eigenvalue weighted by molar-refractivity contribution is 5.95. The molecular weight excluding hydrogens is 447 g/mol. The molecule has 0 spiro atoms. The number of carbonyl (C=O) groups excluding carboxylic acids is 1. The zero-order valence-corrected chi connectivity index (χ0v) is 17.8. The van der Waals surface area contributed by atoms with E-state index in [0.29, 0.717) is 34.9 Å². The summed E-state index contributed by atoms with van der Waals surface area (Å²) >= 11 is 0. The molecule has 3 aromatic rings. The van der Waals surface area contributed by atoms with Crippen LogP contribution in [0, 0.1) is 0 Å². The number of hydrogen-bond acceptors (Lipinski definition) is 6. The van der Waals surface area contributed by atoms with E-state index in [1.54, 1.807) is 24.3 Å². The number of dihydropyridines is 1. The average Bonchev–Trinajstić information content (AvgIpc) is 2.84. The second-order valence-electron chi connectivity index (χ2n) is 7.27. The summed E-state index contributed by atoms with van der Waals surface area (Å²) in [6.07, 6.45) is 2.37. The summed E-state index contributed by atoms with van der Waals surface area (Å²) in [5.74, 6) is -0.0822. The number of carbonyl (C=O) groups is 1. The number of alkyl halides is 3. The summed E-state index contributed by atoms with van der Waals surface area (Å²) in [5.41, 5.74) is 3.33. The van der Waals surface area contributed by atoms with Crippen LogP contribution in [0.4, 0.5) is 24.7 Å². The molecule has 2 heterocycles. The zero-order chi connectivity index (χ0) is 24.0. The lowest BCUT2D eigenvalue weighted by molar-refractivity contribution is -0.274. The zero-order valence-electron chi connectivity index (χ0n) is 17.8. The van der Waals surface area contributed by atoms with Gasteiger partial charge in [0.1, 0.15) is 17.9 Å². The molecule has 1 aliphatic rings. The molecule has 0 bridgehead atoms. The molecule has 4 rings (SSSR count). The van der Waals surface area contributed by atoms with Gasteiger partial charge in [0.15, 0.2) is 0 Å². The monoisotopic (exact) mass is 467 g/mol. The molecule has 0 aliphatic carbocycles. The molecule has 0 fully saturated rings. The average molecular weight is 467 g/mol. The molecule has 34 heavy (non-hydrogen) atoms. The first-order valence-corrected chi connectivity index (χ1v) is 10.3. The number of hydrogen-bond donors (Lipinski definition) is 3. The predicted molar refractivity (Wildman–Crippen MR) is 121 cm³/mol. The molecule has 0 radical (unpaired) electrons. The van der Waals surface area contributed by atoms with E-state index >= 15 is 0 Å². The topological polar surface area (TPSA) is 88.2 Å². The Labute approximate surface area is 193 Å². The number of ether oxygens (including phenoxy) is 1. The number of rotatable bonds is 7. The Morgan fingerprint density at radius 3 is 2.65 bits per heavy atom. The van der Waals surface area contributed by atoms with Crippen LogP contribution in [0.3, 0.4) is 0 Å². The van der Waals surface area contributed by atoms with Gasteiger partial charge in [0.25, 0.3) is 5.91 Å². The molecule has 1 aromatic heterocycles. The molecule has 0 atom stereocenters. The quantitative estimate of drug-likeness (QED) is 0.472. The van der Waals surface area contributed by atoms with Crippen molar-refractivity contribution in [3.05, 3.63) is 90.4 Å². The van der Waals surface area contributed by atoms with Gasteiger partial charge in [-0.1, -0.05) is 18.2 Å². The number of nitrogens with zero attached hydrogens (tertiary/aromatic N) is 2. The minimum absolute atomic E-state index is 0.205. The second-order valence-corrected chi connectivity index (χ2v) is 7.27. The van der Waals surface area contributed by atoms with Gasteiger partial charge in [-0.3, -0.25) is 4.79 Å². The molecule has 1 aliphatic heterocycles. The standard InChI is InChI=1S/C24H20F3N5O2/c25-24(26,27)34-20-6-4-19(5-7-20)32-22-13-21(30-15-31-22)17-2-1-3-18(12-17)23(33)29-14-16-8-10-28-11-9-16/h1-10,12-13,15,28H,11,14H2,(H,29,33)(H,30,31,32). The van der Waals surface area contributed by atoms with Crippen LogP contribution in [0.15, 0.2) is 84.8 Å². The molecular formula is C24H20F3N5O2. The summed E-state index contributed by atoms with van der Waals surface area (Å²) in [4.78, 5) is 21.0. The van der Waals surface area contributed by atoms with Crippen molar-refractivity contribution in [2.24, 2.45) is 0 Å². The summed E-state index contributed by atoms with van der Waals surface area (Å²) in [6.45, 7) is 1.16.